The van der Waals surface area contributed by atoms with E-state index in [2.05, 4.69) is 14.2 Å². The summed E-state index contributed by atoms with van der Waals surface area (Å²) in [6, 6.07) is 8.54. The van der Waals surface area contributed by atoms with Crippen molar-refractivity contribution >= 4 is 37.7 Å². The molecule has 1 aliphatic heterocycles. The van der Waals surface area contributed by atoms with E-state index >= 15 is 0 Å². The Kier molecular flexibility index (Phi) is 7.37. The molecule has 1 N–H and O–H groups in total. The van der Waals surface area contributed by atoms with Gasteiger partial charge >= 0.3 is 11.9 Å². The highest BCUT2D eigenvalue weighted by Crippen LogP contribution is 2.24. The summed E-state index contributed by atoms with van der Waals surface area (Å²) in [7, 11) is -5.95. The molecule has 0 atom stereocenters. The minimum Gasteiger partial charge on any atom is -0.465 e. The first-order valence-electron chi connectivity index (χ1n) is 9.61. The molecule has 0 aliphatic carbocycles. The van der Waals surface area contributed by atoms with Crippen LogP contribution in [-0.2, 0) is 34.3 Å². The van der Waals surface area contributed by atoms with Crippen LogP contribution in [0.5, 0.6) is 0 Å². The Morgan fingerprint density at radius 1 is 0.879 bits per heavy atom. The van der Waals surface area contributed by atoms with Gasteiger partial charge in [0, 0.05) is 13.1 Å². The fourth-order valence-electron chi connectivity index (χ4n) is 3.10. The summed E-state index contributed by atoms with van der Waals surface area (Å²) in [6.07, 6.45) is 0. The van der Waals surface area contributed by atoms with E-state index in [1.807, 2.05) is 0 Å². The highest BCUT2D eigenvalue weighted by molar-refractivity contribution is 7.92. The molecule has 0 saturated carbocycles. The Bertz CT molecular complexity index is 1230. The predicted octanol–water partition coefficient (Wildman–Crippen LogP) is 1.08. The molecular formula is C20H22N2O9S2. The van der Waals surface area contributed by atoms with Gasteiger partial charge in [0.1, 0.15) is 0 Å². The van der Waals surface area contributed by atoms with Crippen molar-refractivity contribution in [2.75, 3.05) is 45.2 Å². The van der Waals surface area contributed by atoms with E-state index in [4.69, 9.17) is 4.74 Å². The van der Waals surface area contributed by atoms with Gasteiger partial charge in [0.25, 0.3) is 10.0 Å². The second kappa shape index (κ2) is 9.87. The van der Waals surface area contributed by atoms with Crippen molar-refractivity contribution in [2.45, 2.75) is 9.79 Å². The van der Waals surface area contributed by atoms with E-state index in [9.17, 15) is 26.4 Å². The maximum absolute atomic E-state index is 13.0. The minimum atomic E-state index is -4.32. The van der Waals surface area contributed by atoms with Crippen LogP contribution < -0.4 is 4.72 Å². The fourth-order valence-corrected chi connectivity index (χ4v) is 5.67. The van der Waals surface area contributed by atoms with E-state index in [0.717, 1.165) is 32.4 Å². The highest BCUT2D eigenvalue weighted by atomic mass is 32.2. The number of anilines is 1. The molecule has 3 rings (SSSR count). The normalized spacial score (nSPS) is 15.0. The molecule has 0 radical (unpaired) electrons. The number of nitrogens with zero attached hydrogens (tertiary/aromatic N) is 1. The van der Waals surface area contributed by atoms with Crippen molar-refractivity contribution in [1.82, 2.24) is 4.31 Å². The van der Waals surface area contributed by atoms with Gasteiger partial charge in [0.05, 0.1) is 54.0 Å². The molecule has 2 aromatic rings. The lowest BCUT2D eigenvalue weighted by molar-refractivity contribution is 0.0598. The van der Waals surface area contributed by atoms with Crippen LogP contribution in [0.25, 0.3) is 0 Å². The number of rotatable bonds is 7. The van der Waals surface area contributed by atoms with Crippen LogP contribution in [0.2, 0.25) is 0 Å². The van der Waals surface area contributed by atoms with E-state index in [1.165, 1.54) is 28.6 Å². The van der Waals surface area contributed by atoms with Crippen LogP contribution in [0.4, 0.5) is 5.69 Å². The summed E-state index contributed by atoms with van der Waals surface area (Å²) >= 11 is 0. The lowest BCUT2D eigenvalue weighted by Gasteiger charge is -2.26. The van der Waals surface area contributed by atoms with Crippen molar-refractivity contribution in [2.24, 2.45) is 0 Å². The number of nitrogens with one attached hydrogen (secondary N) is 1. The van der Waals surface area contributed by atoms with Crippen molar-refractivity contribution in [3.8, 4) is 0 Å². The zero-order valence-corrected chi connectivity index (χ0v) is 19.4. The van der Waals surface area contributed by atoms with E-state index in [0.29, 0.717) is 0 Å². The quantitative estimate of drug-likeness (QED) is 0.554. The van der Waals surface area contributed by atoms with Crippen molar-refractivity contribution < 1.29 is 40.6 Å². The van der Waals surface area contributed by atoms with Gasteiger partial charge in [-0.05, 0) is 36.4 Å². The predicted molar refractivity (Wildman–Crippen MR) is 116 cm³/mol. The first-order valence-corrected chi connectivity index (χ1v) is 12.5. The number of sulfonamides is 2. The molecule has 0 bridgehead atoms. The van der Waals surface area contributed by atoms with Gasteiger partial charge in [0.15, 0.2) is 0 Å². The highest BCUT2D eigenvalue weighted by Gasteiger charge is 2.27. The van der Waals surface area contributed by atoms with E-state index in [-0.39, 0.29) is 48.0 Å². The summed E-state index contributed by atoms with van der Waals surface area (Å²) in [4.78, 5) is 23.4. The molecule has 0 aromatic heterocycles. The van der Waals surface area contributed by atoms with Crippen LogP contribution in [-0.4, -0.2) is 73.6 Å². The molecule has 1 fully saturated rings. The van der Waals surface area contributed by atoms with Gasteiger partial charge in [-0.25, -0.2) is 26.4 Å². The summed E-state index contributed by atoms with van der Waals surface area (Å²) in [5.41, 5.74) is -0.374. The van der Waals surface area contributed by atoms with Crippen LogP contribution in [0, 0.1) is 0 Å². The number of methoxy groups -OCH3 is 2. The Balaban J connectivity index is 1.96. The van der Waals surface area contributed by atoms with Crippen molar-refractivity contribution in [3.05, 3.63) is 53.6 Å². The van der Waals surface area contributed by atoms with Gasteiger partial charge in [0.2, 0.25) is 10.0 Å². The number of hydrogen-bond acceptors (Lipinski definition) is 9. The molecule has 1 aliphatic rings. The van der Waals surface area contributed by atoms with Crippen LogP contribution in [0.1, 0.15) is 20.7 Å². The molecule has 178 valence electrons. The zero-order valence-electron chi connectivity index (χ0n) is 17.8. The zero-order chi connectivity index (χ0) is 24.2. The molecule has 0 amide bonds. The minimum absolute atomic E-state index is 0.0209. The number of ether oxygens (including phenoxy) is 3. The van der Waals surface area contributed by atoms with Crippen LogP contribution in [0.3, 0.4) is 0 Å². The third kappa shape index (κ3) is 5.50. The molecule has 2 aromatic carbocycles. The summed E-state index contributed by atoms with van der Waals surface area (Å²) in [5, 5.41) is 0. The van der Waals surface area contributed by atoms with E-state index < -0.39 is 36.9 Å². The topological polar surface area (TPSA) is 145 Å². The lowest BCUT2D eigenvalue weighted by atomic mass is 10.1. The molecule has 13 heteroatoms. The third-order valence-electron chi connectivity index (χ3n) is 4.75. The second-order valence-corrected chi connectivity index (χ2v) is 10.5. The average molecular weight is 499 g/mol. The van der Waals surface area contributed by atoms with Gasteiger partial charge in [-0.15, -0.1) is 0 Å². The molecule has 11 nitrogen and oxygen atoms in total. The third-order valence-corrected chi connectivity index (χ3v) is 8.01. The second-order valence-electron chi connectivity index (χ2n) is 6.88. The largest absolute Gasteiger partial charge is 0.465 e. The van der Waals surface area contributed by atoms with Crippen molar-refractivity contribution in [1.29, 1.82) is 0 Å². The maximum atomic E-state index is 13.0. The maximum Gasteiger partial charge on any atom is 0.337 e. The van der Waals surface area contributed by atoms with Gasteiger partial charge in [-0.1, -0.05) is 6.07 Å². The SMILES string of the molecule is COC(=O)c1cc(C(=O)OC)cc(S(=O)(=O)Nc2cccc(S(=O)(=O)N3CCOCC3)c2)c1. The summed E-state index contributed by atoms with van der Waals surface area (Å²) in [6.45, 7) is 0.916. The Hall–Kier alpha value is -3.00. The molecule has 0 spiro atoms. The Morgan fingerprint density at radius 3 is 2.00 bits per heavy atom. The van der Waals surface area contributed by atoms with Gasteiger partial charge in [-0.2, -0.15) is 4.31 Å². The van der Waals surface area contributed by atoms with Crippen LogP contribution >= 0.6 is 0 Å². The van der Waals surface area contributed by atoms with Crippen LogP contribution in [0.15, 0.2) is 52.3 Å². The number of carbonyl (C=O) groups excluding carboxylic acids is 2. The van der Waals surface area contributed by atoms with Gasteiger partial charge < -0.3 is 14.2 Å². The molecule has 1 saturated heterocycles. The first-order chi connectivity index (χ1) is 15.6. The number of carbonyl (C=O) groups is 2. The van der Waals surface area contributed by atoms with Gasteiger partial charge in [-0.3, -0.25) is 4.72 Å². The number of morpholine rings is 1. The average Bonchev–Trinajstić information content (AvgIpc) is 2.83. The summed E-state index contributed by atoms with van der Waals surface area (Å²) in [5.74, 6) is -1.70. The lowest BCUT2D eigenvalue weighted by Crippen LogP contribution is -2.40. The fraction of sp³-hybridized carbons (Fsp3) is 0.300. The number of esters is 2. The smallest absolute Gasteiger partial charge is 0.337 e. The standard InChI is InChI=1S/C20H22N2O9S2/c1-29-19(23)14-10-15(20(24)30-2)12-18(11-14)32(25,26)21-16-4-3-5-17(13-16)33(27,28)22-6-8-31-9-7-22/h3-5,10-13,21H,6-9H2,1-2H3. The Labute approximate surface area is 191 Å². The molecule has 33 heavy (non-hydrogen) atoms. The Morgan fingerprint density at radius 2 is 1.45 bits per heavy atom. The van der Waals surface area contributed by atoms with E-state index in [1.54, 1.807) is 0 Å². The molecule has 0 unspecified atom stereocenters. The van der Waals surface area contributed by atoms with Crippen molar-refractivity contribution in [3.63, 3.8) is 0 Å². The molecular weight excluding hydrogens is 476 g/mol. The molecule has 1 heterocycles. The number of benzene rings is 2. The summed E-state index contributed by atoms with van der Waals surface area (Å²) < 4.78 is 69.7. The first kappa shape index (κ1) is 24.6. The number of hydrogen-bond donors (Lipinski definition) is 1. The monoisotopic (exact) mass is 498 g/mol.